The Morgan fingerprint density at radius 2 is 1.80 bits per heavy atom. The van der Waals surface area contributed by atoms with Crippen molar-refractivity contribution in [3.63, 3.8) is 0 Å². The lowest BCUT2D eigenvalue weighted by Crippen LogP contribution is -2.54. The lowest BCUT2D eigenvalue weighted by molar-refractivity contribution is 0.0476. The largest absolute Gasteiger partial charge is 0.444 e. The van der Waals surface area contributed by atoms with E-state index in [4.69, 9.17) is 10.5 Å². The molecule has 0 spiro atoms. The quantitative estimate of drug-likeness (QED) is 0.722. The molecule has 3 N–H and O–H groups in total. The summed E-state index contributed by atoms with van der Waals surface area (Å²) in [6.07, 6.45) is -0.399. The van der Waals surface area contributed by atoms with E-state index in [-0.39, 0.29) is 12.1 Å². The van der Waals surface area contributed by atoms with Crippen molar-refractivity contribution >= 4 is 6.09 Å². The summed E-state index contributed by atoms with van der Waals surface area (Å²) in [5.41, 5.74) is 5.35. The molecule has 6 heteroatoms. The van der Waals surface area contributed by atoms with Gasteiger partial charge in [-0.3, -0.25) is 4.90 Å². The molecular weight excluding hydrogens is 256 g/mol. The van der Waals surface area contributed by atoms with Crippen LogP contribution in [0, 0.1) is 0 Å². The number of rotatable bonds is 7. The van der Waals surface area contributed by atoms with Crippen molar-refractivity contribution in [1.82, 2.24) is 15.1 Å². The fourth-order valence-corrected chi connectivity index (χ4v) is 1.88. The molecule has 0 aliphatic carbocycles. The number of nitrogens with zero attached hydrogens (tertiary/aromatic N) is 2. The highest BCUT2D eigenvalue weighted by atomic mass is 16.6. The van der Waals surface area contributed by atoms with Gasteiger partial charge in [0.2, 0.25) is 0 Å². The smallest absolute Gasteiger partial charge is 0.407 e. The highest BCUT2D eigenvalue weighted by Crippen LogP contribution is 2.08. The molecule has 0 saturated carbocycles. The van der Waals surface area contributed by atoms with Gasteiger partial charge >= 0.3 is 6.09 Å². The maximum atomic E-state index is 11.8. The van der Waals surface area contributed by atoms with Gasteiger partial charge in [-0.2, -0.15) is 0 Å². The zero-order valence-corrected chi connectivity index (χ0v) is 14.1. The van der Waals surface area contributed by atoms with Gasteiger partial charge < -0.3 is 20.7 Å². The summed E-state index contributed by atoms with van der Waals surface area (Å²) in [6.45, 7) is 9.83. The summed E-state index contributed by atoms with van der Waals surface area (Å²) < 4.78 is 5.26. The number of carbonyl (C=O) groups is 1. The van der Waals surface area contributed by atoms with Crippen molar-refractivity contribution in [2.24, 2.45) is 5.73 Å². The third-order valence-corrected chi connectivity index (χ3v) is 3.03. The molecule has 2 atom stereocenters. The van der Waals surface area contributed by atoms with Crippen molar-refractivity contribution in [3.05, 3.63) is 0 Å². The minimum absolute atomic E-state index is 0.0676. The van der Waals surface area contributed by atoms with Crippen LogP contribution in [0.5, 0.6) is 0 Å². The van der Waals surface area contributed by atoms with Crippen LogP contribution in [0.4, 0.5) is 4.79 Å². The molecular formula is C14H32N4O2. The summed E-state index contributed by atoms with van der Waals surface area (Å²) >= 11 is 0. The number of hydrogen-bond acceptors (Lipinski definition) is 5. The number of likely N-dealkylation sites (N-methyl/N-ethyl adjacent to an activating group) is 2. The van der Waals surface area contributed by atoms with Crippen LogP contribution in [-0.4, -0.2) is 74.4 Å². The molecule has 0 aliphatic heterocycles. The number of nitrogens with two attached hydrogens (primary N) is 1. The second-order valence-corrected chi connectivity index (χ2v) is 6.52. The van der Waals surface area contributed by atoms with E-state index >= 15 is 0 Å². The molecule has 0 saturated heterocycles. The summed E-state index contributed by atoms with van der Waals surface area (Å²) in [7, 11) is 6.09. The molecule has 2 unspecified atom stereocenters. The van der Waals surface area contributed by atoms with Gasteiger partial charge in [-0.25, -0.2) is 4.79 Å². The van der Waals surface area contributed by atoms with Crippen LogP contribution in [-0.2, 0) is 4.74 Å². The second-order valence-electron chi connectivity index (χ2n) is 6.52. The first kappa shape index (κ1) is 19.1. The molecule has 0 bridgehead atoms. The Morgan fingerprint density at radius 3 is 2.20 bits per heavy atom. The third-order valence-electron chi connectivity index (χ3n) is 3.03. The first-order chi connectivity index (χ1) is 9.06. The molecule has 0 rings (SSSR count). The van der Waals surface area contributed by atoms with Gasteiger partial charge in [0.15, 0.2) is 0 Å². The van der Waals surface area contributed by atoms with Crippen LogP contribution in [0.15, 0.2) is 0 Å². The van der Waals surface area contributed by atoms with Crippen molar-refractivity contribution in [1.29, 1.82) is 0 Å². The minimum atomic E-state index is -0.487. The Morgan fingerprint density at radius 1 is 1.25 bits per heavy atom. The van der Waals surface area contributed by atoms with Gasteiger partial charge in [0, 0.05) is 31.7 Å². The van der Waals surface area contributed by atoms with E-state index in [1.54, 1.807) is 0 Å². The van der Waals surface area contributed by atoms with Crippen molar-refractivity contribution < 1.29 is 9.53 Å². The minimum Gasteiger partial charge on any atom is -0.444 e. The molecule has 0 aliphatic rings. The maximum absolute atomic E-state index is 11.8. The fourth-order valence-electron chi connectivity index (χ4n) is 1.88. The second kappa shape index (κ2) is 8.44. The topological polar surface area (TPSA) is 70.8 Å². The van der Waals surface area contributed by atoms with E-state index in [0.717, 1.165) is 13.1 Å². The average molecular weight is 288 g/mol. The Hall–Kier alpha value is -0.850. The van der Waals surface area contributed by atoms with Crippen LogP contribution in [0.25, 0.3) is 0 Å². The van der Waals surface area contributed by atoms with Crippen molar-refractivity contribution in [2.75, 3.05) is 40.8 Å². The maximum Gasteiger partial charge on any atom is 0.407 e. The standard InChI is InChI=1S/C14H32N4O2/c1-11(16-13(19)20-14(2,3)4)12(10-15)18(7)9-8-17(5)6/h11-12H,8-10,15H2,1-7H3,(H,16,19). The Kier molecular flexibility index (Phi) is 8.08. The molecule has 120 valence electrons. The van der Waals surface area contributed by atoms with E-state index in [0.29, 0.717) is 6.54 Å². The molecule has 0 heterocycles. The van der Waals surface area contributed by atoms with Gasteiger partial charge in [0.1, 0.15) is 5.60 Å². The van der Waals surface area contributed by atoms with Crippen LogP contribution in [0.1, 0.15) is 27.7 Å². The number of alkyl carbamates (subject to hydrolysis) is 1. The Balaban J connectivity index is 4.39. The van der Waals surface area contributed by atoms with Crippen LogP contribution in [0.3, 0.4) is 0 Å². The highest BCUT2D eigenvalue weighted by Gasteiger charge is 2.24. The lowest BCUT2D eigenvalue weighted by Gasteiger charge is -2.33. The van der Waals surface area contributed by atoms with Crippen LogP contribution >= 0.6 is 0 Å². The molecule has 0 aromatic heterocycles. The van der Waals surface area contributed by atoms with Gasteiger partial charge in [0.25, 0.3) is 0 Å². The first-order valence-corrected chi connectivity index (χ1v) is 7.11. The highest BCUT2D eigenvalue weighted by molar-refractivity contribution is 5.68. The molecule has 20 heavy (non-hydrogen) atoms. The predicted molar refractivity (Wildman–Crippen MR) is 82.9 cm³/mol. The zero-order valence-electron chi connectivity index (χ0n) is 14.1. The SMILES string of the molecule is CC(NC(=O)OC(C)(C)C)C(CN)N(C)CCN(C)C. The lowest BCUT2D eigenvalue weighted by atomic mass is 10.1. The average Bonchev–Trinajstić information content (AvgIpc) is 2.24. The molecule has 0 aromatic rings. The van der Waals surface area contributed by atoms with Gasteiger partial charge in [0.05, 0.1) is 0 Å². The molecule has 6 nitrogen and oxygen atoms in total. The fraction of sp³-hybridized carbons (Fsp3) is 0.929. The monoisotopic (exact) mass is 288 g/mol. The first-order valence-electron chi connectivity index (χ1n) is 7.11. The summed E-state index contributed by atoms with van der Waals surface area (Å²) in [5.74, 6) is 0. The third kappa shape index (κ3) is 8.35. The van der Waals surface area contributed by atoms with E-state index in [1.807, 2.05) is 48.8 Å². The molecule has 1 amide bonds. The summed E-state index contributed by atoms with van der Waals surface area (Å²) in [4.78, 5) is 16.1. The molecule has 0 aromatic carbocycles. The summed E-state index contributed by atoms with van der Waals surface area (Å²) in [5, 5.41) is 2.86. The Bertz CT molecular complexity index is 289. The number of hydrogen-bond donors (Lipinski definition) is 2. The number of nitrogens with one attached hydrogen (secondary N) is 1. The predicted octanol–water partition coefficient (Wildman–Crippen LogP) is 0.720. The van der Waals surface area contributed by atoms with Crippen LogP contribution < -0.4 is 11.1 Å². The van der Waals surface area contributed by atoms with E-state index in [1.165, 1.54) is 0 Å². The van der Waals surface area contributed by atoms with E-state index in [9.17, 15) is 4.79 Å². The molecule has 0 fully saturated rings. The van der Waals surface area contributed by atoms with Gasteiger partial charge in [-0.15, -0.1) is 0 Å². The number of carbonyl (C=O) groups excluding carboxylic acids is 1. The Labute approximate surface area is 123 Å². The van der Waals surface area contributed by atoms with Crippen molar-refractivity contribution in [2.45, 2.75) is 45.4 Å². The van der Waals surface area contributed by atoms with Gasteiger partial charge in [-0.1, -0.05) is 0 Å². The summed E-state index contributed by atoms with van der Waals surface area (Å²) in [6, 6.07) is 0.0180. The van der Waals surface area contributed by atoms with E-state index in [2.05, 4.69) is 15.1 Å². The van der Waals surface area contributed by atoms with Crippen molar-refractivity contribution in [3.8, 4) is 0 Å². The van der Waals surface area contributed by atoms with Crippen LogP contribution in [0.2, 0.25) is 0 Å². The normalized spacial score (nSPS) is 15.3. The number of amides is 1. The number of ether oxygens (including phenoxy) is 1. The van der Waals surface area contributed by atoms with Gasteiger partial charge in [-0.05, 0) is 48.8 Å². The molecule has 0 radical (unpaired) electrons. The zero-order chi connectivity index (χ0) is 15.9. The van der Waals surface area contributed by atoms with E-state index < -0.39 is 11.7 Å².